The van der Waals surface area contributed by atoms with Crippen LogP contribution in [-0.2, 0) is 43.2 Å². The maximum Gasteiger partial charge on any atom is 0.351 e. The van der Waals surface area contributed by atoms with Crippen molar-refractivity contribution in [2.75, 3.05) is 39.5 Å². The summed E-state index contributed by atoms with van der Waals surface area (Å²) < 4.78 is 54.1. The number of nitriles is 1. The Morgan fingerprint density at radius 3 is 1.97 bits per heavy atom. The molecular formula is C47H60N5O11P. The fraction of sp³-hybridized carbons (Fsp3) is 0.468. The summed E-state index contributed by atoms with van der Waals surface area (Å²) in [6.07, 6.45) is -2.89. The van der Waals surface area contributed by atoms with E-state index < -0.39 is 68.4 Å². The largest absolute Gasteiger partial charge is 0.497 e. The summed E-state index contributed by atoms with van der Waals surface area (Å²) >= 11 is 0. The number of carbonyl (C=O) groups excluding carboxylic acids is 2. The fourth-order valence-electron chi connectivity index (χ4n) is 7.29. The molecule has 0 radical (unpaired) electrons. The van der Waals surface area contributed by atoms with Crippen molar-refractivity contribution in [3.8, 4) is 17.6 Å². The lowest BCUT2D eigenvalue weighted by atomic mass is 9.80. The second-order valence-corrected chi connectivity index (χ2v) is 18.0. The standard InChI is InChI=1S/C47H60N5O11P/c1-31(2)52(32(3)4)64(61-28-14-26-48)63-41-39(62-43(42(41)58-30-59-44(54)46(6,7)8)51-27-25-40(49-33(5)53)50-45(51)55)29-60-47(34-15-12-11-13-16-34,35-17-21-37(56-9)22-18-35)36-19-23-38(57-10)24-20-36/h11-13,15-25,27,31-32,39,41-43H,14,28-30H2,1-10H3,(H,49,50,53,55)/t39-,41-,42-,43-,64?/m1/s1. The van der Waals surface area contributed by atoms with Crippen LogP contribution in [0.5, 0.6) is 11.5 Å². The van der Waals surface area contributed by atoms with E-state index in [0.29, 0.717) is 11.5 Å². The summed E-state index contributed by atoms with van der Waals surface area (Å²) in [7, 11) is 1.26. The Bertz CT molecular complexity index is 2170. The molecule has 5 rings (SSSR count). The molecule has 5 atom stereocenters. The van der Waals surface area contributed by atoms with Gasteiger partial charge in [0.25, 0.3) is 8.53 Å². The van der Waals surface area contributed by atoms with Gasteiger partial charge in [-0.1, -0.05) is 54.6 Å². The predicted octanol–water partition coefficient (Wildman–Crippen LogP) is 7.72. The van der Waals surface area contributed by atoms with E-state index in [1.807, 2.05) is 107 Å². The Kier molecular flexibility index (Phi) is 17.6. The zero-order valence-electron chi connectivity index (χ0n) is 38.2. The third-order valence-electron chi connectivity index (χ3n) is 10.3. The molecule has 1 unspecified atom stereocenters. The third kappa shape index (κ3) is 12.1. The number of hydrogen-bond donors (Lipinski definition) is 1. The molecule has 64 heavy (non-hydrogen) atoms. The van der Waals surface area contributed by atoms with Crippen LogP contribution in [0.25, 0.3) is 0 Å². The predicted molar refractivity (Wildman–Crippen MR) is 240 cm³/mol. The van der Waals surface area contributed by atoms with Gasteiger partial charge >= 0.3 is 11.7 Å². The SMILES string of the molecule is COc1ccc(C(OC[C@H]2O[C@@H](n3ccc(NC(C)=O)nc3=O)[C@H](OCOC(=O)C(C)(C)C)[C@@H]2OP(OCCC#N)N(C(C)C)C(C)C)(c2ccccc2)c2ccc(OC)cc2)cc1. The molecular weight excluding hydrogens is 842 g/mol. The Labute approximate surface area is 376 Å². The van der Waals surface area contributed by atoms with Gasteiger partial charge < -0.3 is 42.8 Å². The highest BCUT2D eigenvalue weighted by molar-refractivity contribution is 7.44. The summed E-state index contributed by atoms with van der Waals surface area (Å²) in [5, 5.41) is 12.0. The lowest BCUT2D eigenvalue weighted by molar-refractivity contribution is -0.178. The Balaban J connectivity index is 1.70. The molecule has 1 aliphatic heterocycles. The van der Waals surface area contributed by atoms with Crippen LogP contribution >= 0.6 is 8.53 Å². The minimum absolute atomic E-state index is 0.0431. The van der Waals surface area contributed by atoms with Gasteiger partial charge in [0.05, 0.1) is 45.3 Å². The zero-order chi connectivity index (χ0) is 46.6. The molecule has 1 aromatic heterocycles. The van der Waals surface area contributed by atoms with Crippen molar-refractivity contribution in [1.82, 2.24) is 14.2 Å². The molecule has 0 aliphatic carbocycles. The van der Waals surface area contributed by atoms with Gasteiger partial charge in [-0.2, -0.15) is 10.2 Å². The second kappa shape index (κ2) is 22.6. The molecule has 1 fully saturated rings. The van der Waals surface area contributed by atoms with Gasteiger partial charge in [0.15, 0.2) is 13.0 Å². The van der Waals surface area contributed by atoms with Crippen molar-refractivity contribution in [2.45, 2.75) is 104 Å². The number of ether oxygens (including phenoxy) is 6. The number of rotatable bonds is 21. The summed E-state index contributed by atoms with van der Waals surface area (Å²) in [5.41, 5.74) is -0.561. The highest BCUT2D eigenvalue weighted by Gasteiger charge is 2.52. The van der Waals surface area contributed by atoms with E-state index in [0.717, 1.165) is 16.7 Å². The van der Waals surface area contributed by atoms with Gasteiger partial charge in [0, 0.05) is 25.2 Å². The Morgan fingerprint density at radius 1 is 0.891 bits per heavy atom. The first-order valence-corrected chi connectivity index (χ1v) is 22.2. The molecule has 3 aromatic carbocycles. The maximum absolute atomic E-state index is 13.9. The van der Waals surface area contributed by atoms with Crippen molar-refractivity contribution in [2.24, 2.45) is 5.41 Å². The van der Waals surface area contributed by atoms with E-state index in [4.69, 9.17) is 37.5 Å². The van der Waals surface area contributed by atoms with E-state index in [2.05, 4.69) is 21.0 Å². The monoisotopic (exact) mass is 901 g/mol. The van der Waals surface area contributed by atoms with Crippen LogP contribution in [-0.4, -0.2) is 90.7 Å². The molecule has 344 valence electrons. The average Bonchev–Trinajstić information content (AvgIpc) is 3.59. The molecule has 0 bridgehead atoms. The minimum Gasteiger partial charge on any atom is -0.497 e. The van der Waals surface area contributed by atoms with Gasteiger partial charge in [-0.05, 0) is 95.5 Å². The number of nitrogens with one attached hydrogen (secondary N) is 1. The number of anilines is 1. The number of amides is 1. The Morgan fingerprint density at radius 2 is 1.47 bits per heavy atom. The summed E-state index contributed by atoms with van der Waals surface area (Å²) in [6.45, 7) is 13.9. The van der Waals surface area contributed by atoms with Crippen molar-refractivity contribution in [1.29, 1.82) is 5.26 Å². The van der Waals surface area contributed by atoms with Crippen molar-refractivity contribution >= 4 is 26.2 Å². The van der Waals surface area contributed by atoms with Crippen LogP contribution in [0.15, 0.2) is 95.9 Å². The maximum atomic E-state index is 13.9. The molecule has 0 saturated carbocycles. The number of methoxy groups -OCH3 is 2. The van der Waals surface area contributed by atoms with Crippen molar-refractivity contribution in [3.05, 3.63) is 118 Å². The van der Waals surface area contributed by atoms with E-state index >= 15 is 0 Å². The summed E-state index contributed by atoms with van der Waals surface area (Å²) in [4.78, 5) is 42.9. The van der Waals surface area contributed by atoms with E-state index in [1.165, 1.54) is 23.8 Å². The number of aromatic nitrogens is 2. The third-order valence-corrected chi connectivity index (χ3v) is 12.4. The van der Waals surface area contributed by atoms with E-state index in [9.17, 15) is 19.6 Å². The lowest BCUT2D eigenvalue weighted by Gasteiger charge is -2.39. The highest BCUT2D eigenvalue weighted by Crippen LogP contribution is 2.51. The number of benzene rings is 3. The lowest BCUT2D eigenvalue weighted by Crippen LogP contribution is -2.43. The van der Waals surface area contributed by atoms with Crippen molar-refractivity contribution < 1.29 is 47.1 Å². The molecule has 1 N–H and O–H groups in total. The van der Waals surface area contributed by atoms with E-state index in [-0.39, 0.29) is 37.5 Å². The van der Waals surface area contributed by atoms with Gasteiger partial charge in [-0.3, -0.25) is 14.2 Å². The molecule has 16 nitrogen and oxygen atoms in total. The van der Waals surface area contributed by atoms with Crippen LogP contribution < -0.4 is 20.5 Å². The molecule has 1 aliphatic rings. The normalized spacial score (nSPS) is 18.2. The molecule has 0 spiro atoms. The van der Waals surface area contributed by atoms with Crippen LogP contribution in [0.2, 0.25) is 0 Å². The number of hydrogen-bond acceptors (Lipinski definition) is 14. The van der Waals surface area contributed by atoms with Gasteiger partial charge in [0.2, 0.25) is 5.91 Å². The average molecular weight is 902 g/mol. The minimum atomic E-state index is -1.94. The topological polar surface area (TPSA) is 182 Å². The van der Waals surface area contributed by atoms with Crippen molar-refractivity contribution in [3.63, 3.8) is 0 Å². The first kappa shape index (κ1) is 49.8. The quantitative estimate of drug-likeness (QED) is 0.0282. The summed E-state index contributed by atoms with van der Waals surface area (Å²) in [6, 6.07) is 28.4. The highest BCUT2D eigenvalue weighted by atomic mass is 31.2. The van der Waals surface area contributed by atoms with Crippen LogP contribution in [0.3, 0.4) is 0 Å². The van der Waals surface area contributed by atoms with E-state index in [1.54, 1.807) is 35.0 Å². The Hall–Kier alpha value is -5.24. The molecule has 1 amide bonds. The van der Waals surface area contributed by atoms with Crippen LogP contribution in [0.4, 0.5) is 5.82 Å². The summed E-state index contributed by atoms with van der Waals surface area (Å²) in [5.74, 6) is 0.418. The zero-order valence-corrected chi connectivity index (χ0v) is 39.1. The smallest absolute Gasteiger partial charge is 0.351 e. The first-order valence-electron chi connectivity index (χ1n) is 21.1. The fourth-order valence-corrected chi connectivity index (χ4v) is 9.06. The van der Waals surface area contributed by atoms with Crippen LogP contribution in [0.1, 0.15) is 84.7 Å². The second-order valence-electron chi connectivity index (χ2n) is 16.6. The molecule has 4 aromatic rings. The van der Waals surface area contributed by atoms with Crippen LogP contribution in [0, 0.1) is 16.7 Å². The number of nitrogens with zero attached hydrogens (tertiary/aromatic N) is 4. The van der Waals surface area contributed by atoms with Gasteiger partial charge in [-0.25, -0.2) is 9.46 Å². The number of esters is 1. The first-order chi connectivity index (χ1) is 30.5. The molecule has 17 heteroatoms. The molecule has 2 heterocycles. The van der Waals surface area contributed by atoms with Gasteiger partial charge in [-0.15, -0.1) is 0 Å². The molecule has 1 saturated heterocycles. The van der Waals surface area contributed by atoms with Gasteiger partial charge in [0.1, 0.15) is 41.2 Å². The number of carbonyl (C=O) groups is 2.